The first-order valence-corrected chi connectivity index (χ1v) is 7.68. The monoisotopic (exact) mass is 303 g/mol. The minimum Gasteiger partial charge on any atom is -0.381 e. The lowest BCUT2D eigenvalue weighted by Crippen LogP contribution is -2.32. The average molecular weight is 304 g/mol. The summed E-state index contributed by atoms with van der Waals surface area (Å²) >= 11 is 12.0. The molecule has 1 aromatic rings. The molecule has 1 unspecified atom stereocenters. The molecule has 0 spiro atoms. The van der Waals surface area contributed by atoms with Crippen LogP contribution in [0.15, 0.2) is 18.2 Å². The lowest BCUT2D eigenvalue weighted by molar-refractivity contribution is 0.124. The summed E-state index contributed by atoms with van der Waals surface area (Å²) in [5.41, 5.74) is 1.20. The quantitative estimate of drug-likeness (QED) is 0.686. The van der Waals surface area contributed by atoms with Crippen molar-refractivity contribution in [2.75, 3.05) is 19.8 Å². The van der Waals surface area contributed by atoms with Crippen LogP contribution in [0.4, 0.5) is 0 Å². The molecule has 0 aliphatic rings. The topological polar surface area (TPSA) is 21.3 Å². The molecule has 1 rings (SSSR count). The van der Waals surface area contributed by atoms with E-state index < -0.39 is 0 Å². The Morgan fingerprint density at radius 3 is 2.58 bits per heavy atom. The molecular formula is C15H23Cl2NO. The Hall–Kier alpha value is -0.280. The minimum absolute atomic E-state index is 0.416. The van der Waals surface area contributed by atoms with Gasteiger partial charge in [0.15, 0.2) is 0 Å². The Labute approximate surface area is 126 Å². The predicted molar refractivity (Wildman–Crippen MR) is 83.4 cm³/mol. The first-order valence-electron chi connectivity index (χ1n) is 6.92. The van der Waals surface area contributed by atoms with Crippen LogP contribution >= 0.6 is 23.2 Å². The van der Waals surface area contributed by atoms with E-state index in [0.717, 1.165) is 39.0 Å². The number of rotatable bonds is 9. The summed E-state index contributed by atoms with van der Waals surface area (Å²) < 4.78 is 5.55. The van der Waals surface area contributed by atoms with Crippen molar-refractivity contribution in [1.29, 1.82) is 0 Å². The van der Waals surface area contributed by atoms with Crippen LogP contribution in [0.5, 0.6) is 0 Å². The van der Waals surface area contributed by atoms with Crippen molar-refractivity contribution in [1.82, 2.24) is 5.32 Å². The number of ether oxygens (including phenoxy) is 1. The molecule has 2 nitrogen and oxygen atoms in total. The third-order valence-electron chi connectivity index (χ3n) is 2.92. The standard InChI is InChI=1S/C15H23Cl2NO/c1-3-8-19-9-7-13(18-4-2)10-12-5-6-14(16)15(17)11-12/h5-6,11,13,18H,3-4,7-10H2,1-2H3. The smallest absolute Gasteiger partial charge is 0.0595 e. The maximum Gasteiger partial charge on any atom is 0.0595 e. The number of benzene rings is 1. The van der Waals surface area contributed by atoms with Gasteiger partial charge in [-0.05, 0) is 43.5 Å². The van der Waals surface area contributed by atoms with E-state index in [1.165, 1.54) is 5.56 Å². The highest BCUT2D eigenvalue weighted by atomic mass is 35.5. The first-order chi connectivity index (χ1) is 9.17. The third kappa shape index (κ3) is 6.62. The highest BCUT2D eigenvalue weighted by Crippen LogP contribution is 2.23. The normalized spacial score (nSPS) is 12.6. The fourth-order valence-electron chi connectivity index (χ4n) is 1.99. The van der Waals surface area contributed by atoms with E-state index in [0.29, 0.717) is 16.1 Å². The maximum atomic E-state index is 6.04. The average Bonchev–Trinajstić information content (AvgIpc) is 2.39. The van der Waals surface area contributed by atoms with Crippen LogP contribution in [-0.2, 0) is 11.2 Å². The van der Waals surface area contributed by atoms with E-state index in [-0.39, 0.29) is 0 Å². The summed E-state index contributed by atoms with van der Waals surface area (Å²) in [7, 11) is 0. The molecule has 0 aliphatic heterocycles. The Kier molecular flexibility index (Phi) is 8.47. The van der Waals surface area contributed by atoms with E-state index >= 15 is 0 Å². The lowest BCUT2D eigenvalue weighted by atomic mass is 10.0. The molecule has 0 saturated carbocycles. The van der Waals surface area contributed by atoms with E-state index in [1.54, 1.807) is 0 Å². The molecule has 0 heterocycles. The second-order valence-corrected chi connectivity index (χ2v) is 5.42. The van der Waals surface area contributed by atoms with Gasteiger partial charge in [-0.15, -0.1) is 0 Å². The van der Waals surface area contributed by atoms with Crippen LogP contribution in [0.25, 0.3) is 0 Å². The zero-order chi connectivity index (χ0) is 14.1. The van der Waals surface area contributed by atoms with Crippen LogP contribution in [-0.4, -0.2) is 25.8 Å². The number of hydrogen-bond acceptors (Lipinski definition) is 2. The molecule has 0 aromatic heterocycles. The summed E-state index contributed by atoms with van der Waals surface area (Å²) in [6.07, 6.45) is 3.02. The van der Waals surface area contributed by atoms with Crippen molar-refractivity contribution in [3.63, 3.8) is 0 Å². The highest BCUT2D eigenvalue weighted by Gasteiger charge is 2.09. The van der Waals surface area contributed by atoms with Crippen molar-refractivity contribution in [3.05, 3.63) is 33.8 Å². The van der Waals surface area contributed by atoms with Gasteiger partial charge in [0.25, 0.3) is 0 Å². The van der Waals surface area contributed by atoms with Crippen LogP contribution in [0.3, 0.4) is 0 Å². The van der Waals surface area contributed by atoms with E-state index in [2.05, 4.69) is 19.2 Å². The molecule has 0 bridgehead atoms. The van der Waals surface area contributed by atoms with Crippen molar-refractivity contribution in [3.8, 4) is 0 Å². The highest BCUT2D eigenvalue weighted by molar-refractivity contribution is 6.42. The van der Waals surface area contributed by atoms with E-state index in [4.69, 9.17) is 27.9 Å². The van der Waals surface area contributed by atoms with Gasteiger partial charge in [-0.2, -0.15) is 0 Å². The number of hydrogen-bond donors (Lipinski definition) is 1. The molecule has 0 fully saturated rings. The fourth-order valence-corrected chi connectivity index (χ4v) is 2.31. The number of halogens is 2. The van der Waals surface area contributed by atoms with Crippen molar-refractivity contribution < 1.29 is 4.74 Å². The van der Waals surface area contributed by atoms with Gasteiger partial charge in [0.2, 0.25) is 0 Å². The van der Waals surface area contributed by atoms with Gasteiger partial charge < -0.3 is 10.1 Å². The zero-order valence-electron chi connectivity index (χ0n) is 11.7. The van der Waals surface area contributed by atoms with Crippen molar-refractivity contribution >= 4 is 23.2 Å². The molecule has 0 aliphatic carbocycles. The summed E-state index contributed by atoms with van der Waals surface area (Å²) in [4.78, 5) is 0. The molecule has 4 heteroatoms. The fraction of sp³-hybridized carbons (Fsp3) is 0.600. The summed E-state index contributed by atoms with van der Waals surface area (Å²) in [5, 5.41) is 4.72. The molecule has 0 saturated heterocycles. The predicted octanol–water partition coefficient (Wildman–Crippen LogP) is 4.33. The Morgan fingerprint density at radius 2 is 1.95 bits per heavy atom. The van der Waals surface area contributed by atoms with Crippen LogP contribution in [0.2, 0.25) is 10.0 Å². The Balaban J connectivity index is 2.49. The molecule has 1 atom stereocenters. The molecule has 108 valence electrons. The second-order valence-electron chi connectivity index (χ2n) is 4.61. The largest absolute Gasteiger partial charge is 0.381 e. The second kappa shape index (κ2) is 9.60. The van der Waals surface area contributed by atoms with Crippen LogP contribution in [0.1, 0.15) is 32.3 Å². The van der Waals surface area contributed by atoms with Gasteiger partial charge in [-0.25, -0.2) is 0 Å². The number of nitrogens with one attached hydrogen (secondary N) is 1. The summed E-state index contributed by atoms with van der Waals surface area (Å²) in [6, 6.07) is 6.25. The van der Waals surface area contributed by atoms with Gasteiger partial charge in [0, 0.05) is 19.3 Å². The molecule has 0 radical (unpaired) electrons. The molecule has 1 aromatic carbocycles. The summed E-state index contributed by atoms with van der Waals surface area (Å²) in [5.74, 6) is 0. The molecule has 0 amide bonds. The molecule has 1 N–H and O–H groups in total. The SMILES string of the molecule is CCCOCCC(Cc1ccc(Cl)c(Cl)c1)NCC. The first kappa shape index (κ1) is 16.8. The van der Waals surface area contributed by atoms with E-state index in [9.17, 15) is 0 Å². The van der Waals surface area contributed by atoms with Gasteiger partial charge in [0.05, 0.1) is 10.0 Å². The summed E-state index contributed by atoms with van der Waals surface area (Å²) in [6.45, 7) is 6.84. The minimum atomic E-state index is 0.416. The lowest BCUT2D eigenvalue weighted by Gasteiger charge is -2.18. The molecular weight excluding hydrogens is 281 g/mol. The van der Waals surface area contributed by atoms with Crippen molar-refractivity contribution in [2.24, 2.45) is 0 Å². The van der Waals surface area contributed by atoms with Crippen LogP contribution < -0.4 is 5.32 Å². The Bertz CT molecular complexity index is 371. The maximum absolute atomic E-state index is 6.04. The zero-order valence-corrected chi connectivity index (χ0v) is 13.2. The van der Waals surface area contributed by atoms with Gasteiger partial charge in [-0.3, -0.25) is 0 Å². The Morgan fingerprint density at radius 1 is 1.16 bits per heavy atom. The van der Waals surface area contributed by atoms with Gasteiger partial charge in [0.1, 0.15) is 0 Å². The third-order valence-corrected chi connectivity index (χ3v) is 3.66. The van der Waals surface area contributed by atoms with E-state index in [1.807, 2.05) is 18.2 Å². The number of likely N-dealkylation sites (N-methyl/N-ethyl adjacent to an activating group) is 1. The van der Waals surface area contributed by atoms with Crippen molar-refractivity contribution in [2.45, 2.75) is 39.2 Å². The van der Waals surface area contributed by atoms with Crippen LogP contribution in [0, 0.1) is 0 Å². The molecule has 19 heavy (non-hydrogen) atoms. The van der Waals surface area contributed by atoms with Gasteiger partial charge in [-0.1, -0.05) is 43.1 Å². The van der Waals surface area contributed by atoms with Gasteiger partial charge >= 0.3 is 0 Å².